The summed E-state index contributed by atoms with van der Waals surface area (Å²) in [5.74, 6) is 0. The second-order valence-electron chi connectivity index (χ2n) is 2.46. The Morgan fingerprint density at radius 3 is 2.25 bits per heavy atom. The topological polar surface area (TPSA) is 20.2 Å². The molecular formula is C11H12O. The highest BCUT2D eigenvalue weighted by Crippen LogP contribution is 2.06. The second-order valence-corrected chi connectivity index (χ2v) is 2.46. The maximum Gasteiger partial charge on any atom is 0.0615 e. The van der Waals surface area contributed by atoms with Crippen LogP contribution in [0.25, 0.3) is 12.2 Å². The molecule has 0 heterocycles. The fourth-order valence-corrected chi connectivity index (χ4v) is 0.932. The van der Waals surface area contributed by atoms with E-state index in [2.05, 4.69) is 6.58 Å². The average molecular weight is 160 g/mol. The number of aliphatic hydroxyl groups is 1. The fourth-order valence-electron chi connectivity index (χ4n) is 0.932. The molecule has 0 aliphatic rings. The van der Waals surface area contributed by atoms with E-state index >= 15 is 0 Å². The first-order valence-electron chi connectivity index (χ1n) is 3.86. The van der Waals surface area contributed by atoms with Crippen molar-refractivity contribution in [1.82, 2.24) is 0 Å². The summed E-state index contributed by atoms with van der Waals surface area (Å²) in [4.78, 5) is 0. The van der Waals surface area contributed by atoms with Crippen molar-refractivity contribution in [2.45, 2.75) is 0 Å². The molecule has 62 valence electrons. The van der Waals surface area contributed by atoms with Crippen molar-refractivity contribution in [3.8, 4) is 0 Å². The molecule has 0 aliphatic heterocycles. The van der Waals surface area contributed by atoms with Gasteiger partial charge in [0.1, 0.15) is 0 Å². The van der Waals surface area contributed by atoms with Crippen LogP contribution in [0.4, 0.5) is 0 Å². The Balaban J connectivity index is 2.77. The number of hydrogen-bond donors (Lipinski definition) is 1. The minimum absolute atomic E-state index is 0.0865. The molecule has 0 aromatic heterocycles. The van der Waals surface area contributed by atoms with Crippen LogP contribution in [0.2, 0.25) is 0 Å². The highest BCUT2D eigenvalue weighted by atomic mass is 16.2. The summed E-state index contributed by atoms with van der Waals surface area (Å²) in [5, 5.41) is 8.53. The van der Waals surface area contributed by atoms with Crippen molar-refractivity contribution in [3.63, 3.8) is 0 Å². The Bertz CT molecular complexity index is 270. The summed E-state index contributed by atoms with van der Waals surface area (Å²) in [5.41, 5.74) is 2.20. The molecule has 0 bridgehead atoms. The van der Waals surface area contributed by atoms with Gasteiger partial charge in [0, 0.05) is 0 Å². The van der Waals surface area contributed by atoms with Gasteiger partial charge >= 0.3 is 0 Å². The van der Waals surface area contributed by atoms with E-state index < -0.39 is 0 Å². The normalized spacial score (nSPS) is 10.4. The largest absolute Gasteiger partial charge is 0.392 e. The summed E-state index contributed by atoms with van der Waals surface area (Å²) in [6.45, 7) is 3.75. The van der Waals surface area contributed by atoms with E-state index in [-0.39, 0.29) is 6.61 Å². The third-order valence-electron chi connectivity index (χ3n) is 1.59. The van der Waals surface area contributed by atoms with Gasteiger partial charge in [-0.2, -0.15) is 0 Å². The van der Waals surface area contributed by atoms with E-state index in [1.54, 1.807) is 12.2 Å². The standard InChI is InChI=1S/C11H12O/c1-2-10-5-7-11(8-6-10)4-3-9-12/h2-8,12H,1,9H2. The predicted molar refractivity (Wildman–Crippen MR) is 52.7 cm³/mol. The first kappa shape index (κ1) is 8.75. The Labute approximate surface area is 72.7 Å². The zero-order chi connectivity index (χ0) is 8.81. The summed E-state index contributed by atoms with van der Waals surface area (Å²) in [6.07, 6.45) is 5.40. The lowest BCUT2D eigenvalue weighted by Gasteiger charge is -1.94. The van der Waals surface area contributed by atoms with E-state index in [1.807, 2.05) is 30.3 Å². The molecule has 0 saturated carbocycles. The van der Waals surface area contributed by atoms with Gasteiger partial charge in [-0.15, -0.1) is 0 Å². The smallest absolute Gasteiger partial charge is 0.0615 e. The lowest BCUT2D eigenvalue weighted by atomic mass is 10.1. The Morgan fingerprint density at radius 1 is 1.17 bits per heavy atom. The lowest BCUT2D eigenvalue weighted by Crippen LogP contribution is -1.75. The van der Waals surface area contributed by atoms with Gasteiger partial charge in [0.05, 0.1) is 6.61 Å². The molecule has 0 spiro atoms. The van der Waals surface area contributed by atoms with Crippen LogP contribution in [0.3, 0.4) is 0 Å². The fraction of sp³-hybridized carbons (Fsp3) is 0.0909. The van der Waals surface area contributed by atoms with E-state index in [0.29, 0.717) is 0 Å². The minimum Gasteiger partial charge on any atom is -0.392 e. The quantitative estimate of drug-likeness (QED) is 0.719. The molecule has 1 rings (SSSR count). The molecule has 0 saturated heterocycles. The van der Waals surface area contributed by atoms with Crippen LogP contribution in [0, 0.1) is 0 Å². The highest BCUT2D eigenvalue weighted by molar-refractivity contribution is 5.54. The Kier molecular flexibility index (Phi) is 3.30. The van der Waals surface area contributed by atoms with E-state index in [9.17, 15) is 0 Å². The van der Waals surface area contributed by atoms with Crippen LogP contribution >= 0.6 is 0 Å². The molecular weight excluding hydrogens is 148 g/mol. The van der Waals surface area contributed by atoms with Crippen molar-refractivity contribution in [2.24, 2.45) is 0 Å². The molecule has 0 atom stereocenters. The Hall–Kier alpha value is -1.34. The summed E-state index contributed by atoms with van der Waals surface area (Å²) < 4.78 is 0. The first-order valence-corrected chi connectivity index (χ1v) is 3.86. The Morgan fingerprint density at radius 2 is 1.75 bits per heavy atom. The maximum atomic E-state index is 8.53. The van der Waals surface area contributed by atoms with Crippen molar-refractivity contribution < 1.29 is 5.11 Å². The second kappa shape index (κ2) is 4.52. The predicted octanol–water partition coefficient (Wildman–Crippen LogP) is 2.34. The van der Waals surface area contributed by atoms with Crippen LogP contribution in [0.5, 0.6) is 0 Å². The van der Waals surface area contributed by atoms with Crippen molar-refractivity contribution in [2.75, 3.05) is 6.61 Å². The van der Waals surface area contributed by atoms with Gasteiger partial charge in [0.25, 0.3) is 0 Å². The number of aliphatic hydroxyl groups excluding tert-OH is 1. The molecule has 0 amide bonds. The molecule has 1 aromatic rings. The molecule has 0 aliphatic carbocycles. The third-order valence-corrected chi connectivity index (χ3v) is 1.59. The number of benzene rings is 1. The molecule has 0 radical (unpaired) electrons. The van der Waals surface area contributed by atoms with Gasteiger partial charge < -0.3 is 5.11 Å². The maximum absolute atomic E-state index is 8.53. The first-order chi connectivity index (χ1) is 5.86. The van der Waals surface area contributed by atoms with Gasteiger partial charge in [0.2, 0.25) is 0 Å². The molecule has 0 unspecified atom stereocenters. The SMILES string of the molecule is C=Cc1ccc(C=CCO)cc1. The van der Waals surface area contributed by atoms with E-state index in [0.717, 1.165) is 11.1 Å². The van der Waals surface area contributed by atoms with Crippen LogP contribution in [-0.2, 0) is 0 Å². The number of hydrogen-bond acceptors (Lipinski definition) is 1. The molecule has 1 N–H and O–H groups in total. The van der Waals surface area contributed by atoms with Crippen molar-refractivity contribution in [3.05, 3.63) is 48.0 Å². The van der Waals surface area contributed by atoms with Crippen LogP contribution in [0.1, 0.15) is 11.1 Å². The minimum atomic E-state index is 0.0865. The average Bonchev–Trinajstić information content (AvgIpc) is 2.15. The highest BCUT2D eigenvalue weighted by Gasteiger charge is 1.85. The van der Waals surface area contributed by atoms with Crippen LogP contribution in [-0.4, -0.2) is 11.7 Å². The van der Waals surface area contributed by atoms with Gasteiger partial charge in [-0.1, -0.05) is 49.1 Å². The van der Waals surface area contributed by atoms with Crippen LogP contribution in [0.15, 0.2) is 36.9 Å². The summed E-state index contributed by atoms with van der Waals surface area (Å²) in [7, 11) is 0. The van der Waals surface area contributed by atoms with Gasteiger partial charge in [0.15, 0.2) is 0 Å². The lowest BCUT2D eigenvalue weighted by molar-refractivity contribution is 0.343. The van der Waals surface area contributed by atoms with Gasteiger partial charge in [-0.25, -0.2) is 0 Å². The van der Waals surface area contributed by atoms with Gasteiger partial charge in [-0.3, -0.25) is 0 Å². The summed E-state index contributed by atoms with van der Waals surface area (Å²) in [6, 6.07) is 7.96. The van der Waals surface area contributed by atoms with Crippen molar-refractivity contribution in [1.29, 1.82) is 0 Å². The molecule has 12 heavy (non-hydrogen) atoms. The van der Waals surface area contributed by atoms with Gasteiger partial charge in [-0.05, 0) is 11.1 Å². The third kappa shape index (κ3) is 2.36. The number of rotatable bonds is 3. The van der Waals surface area contributed by atoms with E-state index in [1.165, 1.54) is 0 Å². The van der Waals surface area contributed by atoms with Crippen LogP contribution < -0.4 is 0 Å². The molecule has 1 nitrogen and oxygen atoms in total. The monoisotopic (exact) mass is 160 g/mol. The van der Waals surface area contributed by atoms with Crippen molar-refractivity contribution >= 4 is 12.2 Å². The molecule has 1 heteroatoms. The molecule has 0 fully saturated rings. The molecule has 1 aromatic carbocycles. The van der Waals surface area contributed by atoms with E-state index in [4.69, 9.17) is 5.11 Å². The zero-order valence-electron chi connectivity index (χ0n) is 6.90. The zero-order valence-corrected chi connectivity index (χ0v) is 6.90. The summed E-state index contributed by atoms with van der Waals surface area (Å²) >= 11 is 0.